The third-order valence-corrected chi connectivity index (χ3v) is 2.24. The zero-order valence-corrected chi connectivity index (χ0v) is 7.45. The van der Waals surface area contributed by atoms with Crippen LogP contribution in [0.5, 0.6) is 0 Å². The number of hydroxylamine groups is 2. The monoisotopic (exact) mass is 159 g/mol. The molecule has 3 nitrogen and oxygen atoms in total. The molecule has 66 valence electrons. The van der Waals surface area contributed by atoms with E-state index in [1.165, 1.54) is 0 Å². The number of nitrogens with zero attached hydrogens (tertiary/aromatic N) is 1. The van der Waals surface area contributed by atoms with Crippen molar-refractivity contribution < 1.29 is 9.94 Å². The summed E-state index contributed by atoms with van der Waals surface area (Å²) in [6.07, 6.45) is -0.295. The zero-order chi connectivity index (χ0) is 8.43. The van der Waals surface area contributed by atoms with Gasteiger partial charge >= 0.3 is 0 Å². The summed E-state index contributed by atoms with van der Waals surface area (Å²) in [5, 5.41) is 11.0. The second kappa shape index (κ2) is 3.52. The summed E-state index contributed by atoms with van der Waals surface area (Å²) >= 11 is 0. The molecule has 0 aromatic carbocycles. The molecule has 0 bridgehead atoms. The maximum absolute atomic E-state index is 9.16. The minimum Gasteiger partial charge on any atom is -0.389 e. The summed E-state index contributed by atoms with van der Waals surface area (Å²) < 4.78 is 0. The van der Waals surface area contributed by atoms with Gasteiger partial charge in [-0.1, -0.05) is 13.8 Å². The lowest BCUT2D eigenvalue weighted by atomic mass is 10.1. The van der Waals surface area contributed by atoms with Crippen LogP contribution in [0.25, 0.3) is 0 Å². The Morgan fingerprint density at radius 1 is 1.45 bits per heavy atom. The average Bonchev–Trinajstić information content (AvgIpc) is 2.34. The molecule has 1 rings (SSSR count). The Labute approximate surface area is 67.9 Å². The van der Waals surface area contributed by atoms with E-state index >= 15 is 0 Å². The van der Waals surface area contributed by atoms with Crippen molar-refractivity contribution >= 4 is 0 Å². The third-order valence-electron chi connectivity index (χ3n) is 2.24. The van der Waals surface area contributed by atoms with Gasteiger partial charge in [0.25, 0.3) is 0 Å². The van der Waals surface area contributed by atoms with Gasteiger partial charge < -0.3 is 5.11 Å². The minimum atomic E-state index is -0.295. The van der Waals surface area contributed by atoms with Crippen LogP contribution < -0.4 is 0 Å². The van der Waals surface area contributed by atoms with Gasteiger partial charge in [0.05, 0.1) is 19.3 Å². The fourth-order valence-corrected chi connectivity index (χ4v) is 1.11. The molecular formula is C8H17NO2. The Hall–Kier alpha value is -0.120. The van der Waals surface area contributed by atoms with Crippen LogP contribution in [-0.4, -0.2) is 35.5 Å². The number of rotatable bonds is 2. The predicted molar refractivity (Wildman–Crippen MR) is 43.0 cm³/mol. The van der Waals surface area contributed by atoms with Crippen molar-refractivity contribution in [1.82, 2.24) is 5.06 Å². The van der Waals surface area contributed by atoms with Crippen LogP contribution in [-0.2, 0) is 4.84 Å². The minimum absolute atomic E-state index is 0.295. The summed E-state index contributed by atoms with van der Waals surface area (Å²) in [4.78, 5) is 5.27. The van der Waals surface area contributed by atoms with E-state index in [4.69, 9.17) is 9.94 Å². The highest BCUT2D eigenvalue weighted by atomic mass is 16.7. The van der Waals surface area contributed by atoms with Crippen LogP contribution in [0.4, 0.5) is 0 Å². The van der Waals surface area contributed by atoms with Gasteiger partial charge in [-0.05, 0) is 12.8 Å². The molecule has 0 aliphatic carbocycles. The molecule has 1 unspecified atom stereocenters. The van der Waals surface area contributed by atoms with E-state index in [0.29, 0.717) is 25.1 Å². The lowest BCUT2D eigenvalue weighted by molar-refractivity contribution is -0.146. The molecule has 1 N–H and O–H groups in total. The van der Waals surface area contributed by atoms with Gasteiger partial charge in [-0.2, -0.15) is 5.06 Å². The van der Waals surface area contributed by atoms with Crippen molar-refractivity contribution in [2.24, 2.45) is 5.92 Å². The molecule has 1 saturated heterocycles. The fourth-order valence-electron chi connectivity index (χ4n) is 1.11. The average molecular weight is 159 g/mol. The van der Waals surface area contributed by atoms with Crippen LogP contribution in [0.3, 0.4) is 0 Å². The lowest BCUT2D eigenvalue weighted by Crippen LogP contribution is -2.34. The molecular weight excluding hydrogens is 142 g/mol. The molecule has 0 spiro atoms. The van der Waals surface area contributed by atoms with Crippen LogP contribution >= 0.6 is 0 Å². The largest absolute Gasteiger partial charge is 0.389 e. The molecule has 3 heteroatoms. The fraction of sp³-hybridized carbons (Fsp3) is 1.00. The van der Waals surface area contributed by atoms with Crippen LogP contribution in [0, 0.1) is 5.92 Å². The zero-order valence-electron chi connectivity index (χ0n) is 7.45. The molecule has 11 heavy (non-hydrogen) atoms. The molecule has 2 atom stereocenters. The first-order chi connectivity index (χ1) is 5.11. The second-order valence-corrected chi connectivity index (χ2v) is 3.53. The van der Waals surface area contributed by atoms with Crippen molar-refractivity contribution in [1.29, 1.82) is 0 Å². The van der Waals surface area contributed by atoms with E-state index in [1.54, 1.807) is 0 Å². The van der Waals surface area contributed by atoms with E-state index in [0.717, 1.165) is 0 Å². The Morgan fingerprint density at radius 2 is 2.09 bits per heavy atom. The molecule has 1 aliphatic heterocycles. The number of β-amino-alcohol motifs (C(OH)–C–C–N with tert-alkyl or cyclic N) is 1. The first kappa shape index (κ1) is 8.97. The van der Waals surface area contributed by atoms with Crippen LogP contribution in [0.2, 0.25) is 0 Å². The topological polar surface area (TPSA) is 32.7 Å². The Balaban J connectivity index is 2.36. The van der Waals surface area contributed by atoms with Gasteiger partial charge in [0.15, 0.2) is 0 Å². The second-order valence-electron chi connectivity index (χ2n) is 3.53. The van der Waals surface area contributed by atoms with Gasteiger partial charge in [0.1, 0.15) is 0 Å². The first-order valence-electron chi connectivity index (χ1n) is 4.19. The van der Waals surface area contributed by atoms with E-state index in [-0.39, 0.29) is 6.10 Å². The SMILES string of the molecule is CC(C)C(C)N1C[C@@H](O)CO1. The quantitative estimate of drug-likeness (QED) is 0.641. The summed E-state index contributed by atoms with van der Waals surface area (Å²) in [7, 11) is 0. The highest BCUT2D eigenvalue weighted by Crippen LogP contribution is 2.15. The Bertz CT molecular complexity index is 127. The summed E-state index contributed by atoms with van der Waals surface area (Å²) in [5.41, 5.74) is 0. The summed E-state index contributed by atoms with van der Waals surface area (Å²) in [6, 6.07) is 0.396. The molecule has 1 heterocycles. The standard InChI is InChI=1S/C8H17NO2/c1-6(2)7(3)9-4-8(10)5-11-9/h6-8,10H,4-5H2,1-3H3/t7?,8-/m1/s1. The first-order valence-corrected chi connectivity index (χ1v) is 4.19. The van der Waals surface area contributed by atoms with Gasteiger partial charge in [-0.3, -0.25) is 4.84 Å². The van der Waals surface area contributed by atoms with Crippen molar-refractivity contribution in [2.75, 3.05) is 13.2 Å². The maximum atomic E-state index is 9.16. The van der Waals surface area contributed by atoms with E-state index in [9.17, 15) is 0 Å². The molecule has 0 radical (unpaired) electrons. The molecule has 1 aliphatic rings. The van der Waals surface area contributed by atoms with Gasteiger partial charge in [-0.25, -0.2) is 0 Å². The molecule has 1 fully saturated rings. The van der Waals surface area contributed by atoms with Gasteiger partial charge in [0, 0.05) is 6.04 Å². The maximum Gasteiger partial charge on any atom is 0.0958 e. The van der Waals surface area contributed by atoms with Crippen molar-refractivity contribution in [2.45, 2.75) is 32.9 Å². The molecule has 0 aromatic heterocycles. The number of hydrogen-bond acceptors (Lipinski definition) is 3. The molecule has 0 amide bonds. The lowest BCUT2D eigenvalue weighted by Gasteiger charge is -2.25. The highest BCUT2D eigenvalue weighted by Gasteiger charge is 2.26. The number of aliphatic hydroxyl groups is 1. The normalized spacial score (nSPS) is 29.7. The van der Waals surface area contributed by atoms with Crippen LogP contribution in [0.15, 0.2) is 0 Å². The van der Waals surface area contributed by atoms with E-state index in [1.807, 2.05) is 5.06 Å². The van der Waals surface area contributed by atoms with Gasteiger partial charge in [0.2, 0.25) is 0 Å². The molecule has 0 saturated carbocycles. The number of hydrogen-bond donors (Lipinski definition) is 1. The van der Waals surface area contributed by atoms with Gasteiger partial charge in [-0.15, -0.1) is 0 Å². The van der Waals surface area contributed by atoms with Crippen LogP contribution in [0.1, 0.15) is 20.8 Å². The summed E-state index contributed by atoms with van der Waals surface area (Å²) in [5.74, 6) is 0.570. The third kappa shape index (κ3) is 2.15. The number of aliphatic hydroxyl groups excluding tert-OH is 1. The summed E-state index contributed by atoms with van der Waals surface area (Å²) in [6.45, 7) is 7.52. The predicted octanol–water partition coefficient (Wildman–Crippen LogP) is 0.639. The van der Waals surface area contributed by atoms with Crippen molar-refractivity contribution in [3.05, 3.63) is 0 Å². The van der Waals surface area contributed by atoms with E-state index < -0.39 is 0 Å². The van der Waals surface area contributed by atoms with Crippen molar-refractivity contribution in [3.8, 4) is 0 Å². The highest BCUT2D eigenvalue weighted by molar-refractivity contribution is 4.71. The smallest absolute Gasteiger partial charge is 0.0958 e. The Kier molecular flexibility index (Phi) is 2.87. The van der Waals surface area contributed by atoms with E-state index in [2.05, 4.69) is 20.8 Å². The van der Waals surface area contributed by atoms with Crippen molar-refractivity contribution in [3.63, 3.8) is 0 Å². The molecule has 0 aromatic rings. The Morgan fingerprint density at radius 3 is 2.45 bits per heavy atom.